The van der Waals surface area contributed by atoms with E-state index < -0.39 is 6.10 Å². The van der Waals surface area contributed by atoms with Crippen LogP contribution in [0.3, 0.4) is 0 Å². The van der Waals surface area contributed by atoms with Crippen LogP contribution in [0.15, 0.2) is 60.7 Å². The Balaban J connectivity index is 1.47. The van der Waals surface area contributed by atoms with Crippen LogP contribution in [-0.4, -0.2) is 54.5 Å². The van der Waals surface area contributed by atoms with Gasteiger partial charge in [0.05, 0.1) is 0 Å². The summed E-state index contributed by atoms with van der Waals surface area (Å²) in [5.74, 6) is 0.210. The molecule has 0 bridgehead atoms. The number of ether oxygens (including phenoxy) is 1. The van der Waals surface area contributed by atoms with Crippen LogP contribution < -0.4 is 4.74 Å². The molecule has 1 aliphatic heterocycles. The van der Waals surface area contributed by atoms with Crippen molar-refractivity contribution in [2.75, 3.05) is 32.7 Å². The fraction of sp³-hybridized carbons (Fsp3) is 0.348. The van der Waals surface area contributed by atoms with Crippen molar-refractivity contribution < 1.29 is 13.9 Å². The third kappa shape index (κ3) is 5.67. The van der Waals surface area contributed by atoms with E-state index >= 15 is 0 Å². The highest BCUT2D eigenvalue weighted by atomic mass is 19.1. The number of hydrogen-bond acceptors (Lipinski definition) is 3. The van der Waals surface area contributed by atoms with Crippen molar-refractivity contribution in [2.24, 2.45) is 0 Å². The number of halogens is 1. The van der Waals surface area contributed by atoms with Crippen LogP contribution in [0.4, 0.5) is 4.39 Å². The quantitative estimate of drug-likeness (QED) is 0.729. The van der Waals surface area contributed by atoms with Crippen LogP contribution in [0.25, 0.3) is 6.08 Å². The molecule has 4 nitrogen and oxygen atoms in total. The topological polar surface area (TPSA) is 32.8 Å². The molecule has 2 aromatic rings. The molecule has 0 radical (unpaired) electrons. The van der Waals surface area contributed by atoms with Crippen molar-refractivity contribution in [2.45, 2.75) is 19.4 Å². The van der Waals surface area contributed by atoms with E-state index in [0.29, 0.717) is 25.3 Å². The zero-order chi connectivity index (χ0) is 19.8. The SMILES string of the molecule is CC[C@H](Oc1ccc(F)cc1)C(=O)N1CCN(C/C=C/c2ccccc2)CC1. The normalized spacial score (nSPS) is 16.3. The van der Waals surface area contributed by atoms with E-state index in [0.717, 1.165) is 19.6 Å². The van der Waals surface area contributed by atoms with Crippen LogP contribution in [0.5, 0.6) is 5.75 Å². The van der Waals surface area contributed by atoms with E-state index in [9.17, 15) is 9.18 Å². The summed E-state index contributed by atoms with van der Waals surface area (Å²) in [4.78, 5) is 17.0. The third-order valence-corrected chi connectivity index (χ3v) is 4.90. The molecule has 1 saturated heterocycles. The van der Waals surface area contributed by atoms with Gasteiger partial charge in [-0.05, 0) is 36.2 Å². The van der Waals surface area contributed by atoms with Gasteiger partial charge >= 0.3 is 0 Å². The average Bonchev–Trinajstić information content (AvgIpc) is 2.74. The monoisotopic (exact) mass is 382 g/mol. The summed E-state index contributed by atoms with van der Waals surface area (Å²) in [7, 11) is 0. The zero-order valence-electron chi connectivity index (χ0n) is 16.3. The maximum Gasteiger partial charge on any atom is 0.263 e. The van der Waals surface area contributed by atoms with E-state index in [1.54, 1.807) is 12.1 Å². The lowest BCUT2D eigenvalue weighted by Gasteiger charge is -2.35. The fourth-order valence-electron chi connectivity index (χ4n) is 3.24. The molecule has 5 heteroatoms. The molecule has 0 aliphatic carbocycles. The van der Waals surface area contributed by atoms with Crippen molar-refractivity contribution >= 4 is 12.0 Å². The molecule has 0 unspecified atom stereocenters. The summed E-state index contributed by atoms with van der Waals surface area (Å²) in [6.45, 7) is 5.88. The highest BCUT2D eigenvalue weighted by molar-refractivity contribution is 5.81. The van der Waals surface area contributed by atoms with E-state index in [1.807, 2.05) is 30.0 Å². The van der Waals surface area contributed by atoms with Gasteiger partial charge in [0.2, 0.25) is 0 Å². The molecular weight excluding hydrogens is 355 g/mol. The lowest BCUT2D eigenvalue weighted by Crippen LogP contribution is -2.52. The van der Waals surface area contributed by atoms with Crippen molar-refractivity contribution in [1.82, 2.24) is 9.80 Å². The van der Waals surface area contributed by atoms with Gasteiger partial charge in [-0.15, -0.1) is 0 Å². The van der Waals surface area contributed by atoms with Gasteiger partial charge in [-0.3, -0.25) is 9.69 Å². The van der Waals surface area contributed by atoms with Crippen LogP contribution in [0.2, 0.25) is 0 Å². The predicted molar refractivity (Wildman–Crippen MR) is 110 cm³/mol. The zero-order valence-corrected chi connectivity index (χ0v) is 16.3. The van der Waals surface area contributed by atoms with Gasteiger partial charge in [-0.1, -0.05) is 49.4 Å². The van der Waals surface area contributed by atoms with E-state index in [1.165, 1.54) is 17.7 Å². The average molecular weight is 382 g/mol. The van der Waals surface area contributed by atoms with Crippen molar-refractivity contribution in [3.63, 3.8) is 0 Å². The molecule has 1 heterocycles. The Bertz CT molecular complexity index is 769. The molecule has 0 saturated carbocycles. The summed E-state index contributed by atoms with van der Waals surface area (Å²) in [5, 5.41) is 0. The molecule has 2 aromatic carbocycles. The highest BCUT2D eigenvalue weighted by Crippen LogP contribution is 2.16. The summed E-state index contributed by atoms with van der Waals surface area (Å²) in [6.07, 6.45) is 4.34. The Morgan fingerprint density at radius 3 is 2.39 bits per heavy atom. The largest absolute Gasteiger partial charge is 0.481 e. The number of benzene rings is 2. The minimum Gasteiger partial charge on any atom is -0.481 e. The first-order valence-electron chi connectivity index (χ1n) is 9.80. The first kappa shape index (κ1) is 20.1. The lowest BCUT2D eigenvalue weighted by molar-refractivity contribution is -0.140. The fourth-order valence-corrected chi connectivity index (χ4v) is 3.24. The number of piperazine rings is 1. The second kappa shape index (κ2) is 10.0. The number of carbonyl (C=O) groups excluding carboxylic acids is 1. The number of rotatable bonds is 7. The number of amides is 1. The van der Waals surface area contributed by atoms with Crippen molar-refractivity contribution in [1.29, 1.82) is 0 Å². The van der Waals surface area contributed by atoms with Crippen molar-refractivity contribution in [3.8, 4) is 5.75 Å². The summed E-state index contributed by atoms with van der Waals surface area (Å²) >= 11 is 0. The number of nitrogens with zero attached hydrogens (tertiary/aromatic N) is 2. The Kier molecular flexibility index (Phi) is 7.20. The van der Waals surface area contributed by atoms with Crippen LogP contribution >= 0.6 is 0 Å². The summed E-state index contributed by atoms with van der Waals surface area (Å²) < 4.78 is 18.8. The summed E-state index contributed by atoms with van der Waals surface area (Å²) in [5.41, 5.74) is 1.19. The standard InChI is InChI=1S/C23H27FN2O2/c1-2-22(28-21-12-10-20(24)11-13-21)23(27)26-17-15-25(16-18-26)14-6-9-19-7-4-3-5-8-19/h3-13,22H,2,14-18H2,1H3/b9-6+/t22-/m0/s1. The molecule has 28 heavy (non-hydrogen) atoms. The lowest BCUT2D eigenvalue weighted by atomic mass is 10.2. The van der Waals surface area contributed by atoms with Gasteiger partial charge < -0.3 is 9.64 Å². The third-order valence-electron chi connectivity index (χ3n) is 4.90. The van der Waals surface area contributed by atoms with Crippen LogP contribution in [0, 0.1) is 5.82 Å². The molecule has 1 aliphatic rings. The van der Waals surface area contributed by atoms with Crippen LogP contribution in [-0.2, 0) is 4.79 Å². The smallest absolute Gasteiger partial charge is 0.263 e. The molecule has 1 atom stereocenters. The van der Waals surface area contributed by atoms with E-state index in [4.69, 9.17) is 4.74 Å². The number of hydrogen-bond donors (Lipinski definition) is 0. The predicted octanol–water partition coefficient (Wildman–Crippen LogP) is 3.84. The number of carbonyl (C=O) groups is 1. The Labute approximate surface area is 166 Å². The maximum absolute atomic E-state index is 13.0. The highest BCUT2D eigenvalue weighted by Gasteiger charge is 2.27. The summed E-state index contributed by atoms with van der Waals surface area (Å²) in [6, 6.07) is 16.0. The molecule has 1 fully saturated rings. The van der Waals surface area contributed by atoms with E-state index in [-0.39, 0.29) is 11.7 Å². The maximum atomic E-state index is 13.0. The van der Waals surface area contributed by atoms with Gasteiger partial charge in [0.25, 0.3) is 5.91 Å². The molecule has 0 N–H and O–H groups in total. The molecule has 0 spiro atoms. The van der Waals surface area contributed by atoms with Crippen LogP contribution in [0.1, 0.15) is 18.9 Å². The minimum atomic E-state index is -0.532. The first-order valence-corrected chi connectivity index (χ1v) is 9.80. The molecule has 1 amide bonds. The van der Waals surface area contributed by atoms with Gasteiger partial charge in [0.15, 0.2) is 6.10 Å². The van der Waals surface area contributed by atoms with Crippen molar-refractivity contribution in [3.05, 3.63) is 72.1 Å². The molecule has 148 valence electrons. The molecular formula is C23H27FN2O2. The van der Waals surface area contributed by atoms with E-state index in [2.05, 4.69) is 29.2 Å². The Hall–Kier alpha value is -2.66. The molecule has 3 rings (SSSR count). The second-order valence-corrected chi connectivity index (χ2v) is 6.91. The first-order chi connectivity index (χ1) is 13.7. The minimum absolute atomic E-state index is 0.00584. The van der Waals surface area contributed by atoms with Gasteiger partial charge in [-0.25, -0.2) is 4.39 Å². The Morgan fingerprint density at radius 1 is 1.07 bits per heavy atom. The molecule has 0 aromatic heterocycles. The van der Waals surface area contributed by atoms with Gasteiger partial charge in [0.1, 0.15) is 11.6 Å². The Morgan fingerprint density at radius 2 is 1.75 bits per heavy atom. The van der Waals surface area contributed by atoms with Gasteiger partial charge in [-0.2, -0.15) is 0 Å². The van der Waals surface area contributed by atoms with Gasteiger partial charge in [0, 0.05) is 32.7 Å². The second-order valence-electron chi connectivity index (χ2n) is 6.91.